The fourth-order valence-electron chi connectivity index (χ4n) is 2.98. The molecular formula is C20H15N5O5S. The van der Waals surface area contributed by atoms with Crippen LogP contribution in [-0.4, -0.2) is 47.6 Å². The van der Waals surface area contributed by atoms with E-state index in [1.807, 2.05) is 0 Å². The zero-order valence-electron chi connectivity index (χ0n) is 15.8. The van der Waals surface area contributed by atoms with Gasteiger partial charge in [-0.15, -0.1) is 0 Å². The molecule has 31 heavy (non-hydrogen) atoms. The third-order valence-corrected chi connectivity index (χ3v) is 5.76. The number of sulfonamides is 1. The zero-order valence-corrected chi connectivity index (χ0v) is 16.7. The van der Waals surface area contributed by atoms with Gasteiger partial charge in [0.1, 0.15) is 6.54 Å². The van der Waals surface area contributed by atoms with Crippen LogP contribution in [0, 0.1) is 0 Å². The maximum atomic E-state index is 12.4. The summed E-state index contributed by atoms with van der Waals surface area (Å²) in [5, 5.41) is 2.54. The summed E-state index contributed by atoms with van der Waals surface area (Å²) in [7, 11) is -3.91. The minimum Gasteiger partial charge on any atom is -0.325 e. The Hall–Kier alpha value is -4.12. The van der Waals surface area contributed by atoms with Crippen molar-refractivity contribution < 1.29 is 22.8 Å². The maximum absolute atomic E-state index is 12.4. The van der Waals surface area contributed by atoms with Gasteiger partial charge in [-0.3, -0.25) is 19.3 Å². The number of fused-ring (bicyclic) bond motifs is 1. The van der Waals surface area contributed by atoms with E-state index in [9.17, 15) is 22.8 Å². The Labute approximate surface area is 177 Å². The van der Waals surface area contributed by atoms with E-state index in [-0.39, 0.29) is 22.0 Å². The first kappa shape index (κ1) is 20.2. The van der Waals surface area contributed by atoms with Gasteiger partial charge in [-0.25, -0.2) is 23.1 Å². The molecule has 0 spiro atoms. The second-order valence-corrected chi connectivity index (χ2v) is 8.17. The van der Waals surface area contributed by atoms with Crippen LogP contribution in [0.15, 0.2) is 71.9 Å². The van der Waals surface area contributed by atoms with Gasteiger partial charge in [0, 0.05) is 18.1 Å². The molecule has 2 heterocycles. The number of benzene rings is 2. The molecule has 1 aromatic heterocycles. The van der Waals surface area contributed by atoms with Crippen LogP contribution in [-0.2, 0) is 14.8 Å². The molecule has 2 N–H and O–H groups in total. The first-order valence-corrected chi connectivity index (χ1v) is 10.5. The van der Waals surface area contributed by atoms with Crippen LogP contribution in [0.5, 0.6) is 0 Å². The van der Waals surface area contributed by atoms with Gasteiger partial charge in [-0.05, 0) is 42.5 Å². The predicted molar refractivity (Wildman–Crippen MR) is 110 cm³/mol. The SMILES string of the molecule is O=C(CN1C(=O)c2ccccc2C1=O)Nc1ccc(S(=O)(=O)Nc2ncccn2)cc1. The number of amides is 3. The number of rotatable bonds is 6. The third-order valence-electron chi connectivity index (χ3n) is 4.42. The van der Waals surface area contributed by atoms with Gasteiger partial charge in [0.2, 0.25) is 11.9 Å². The highest BCUT2D eigenvalue weighted by Gasteiger charge is 2.36. The summed E-state index contributed by atoms with van der Waals surface area (Å²) in [6.07, 6.45) is 2.80. The van der Waals surface area contributed by atoms with Crippen LogP contribution in [0.25, 0.3) is 0 Å². The molecule has 156 valence electrons. The summed E-state index contributed by atoms with van der Waals surface area (Å²) in [6, 6.07) is 13.3. The summed E-state index contributed by atoms with van der Waals surface area (Å²) >= 11 is 0. The second-order valence-electron chi connectivity index (χ2n) is 6.49. The highest BCUT2D eigenvalue weighted by atomic mass is 32.2. The minimum absolute atomic E-state index is 0.0571. The Morgan fingerprint density at radius 2 is 1.45 bits per heavy atom. The number of hydrogen-bond donors (Lipinski definition) is 2. The van der Waals surface area contributed by atoms with Crippen molar-refractivity contribution in [2.24, 2.45) is 0 Å². The van der Waals surface area contributed by atoms with Crippen LogP contribution >= 0.6 is 0 Å². The first-order valence-electron chi connectivity index (χ1n) is 9.00. The standard InChI is InChI=1S/C20H15N5O5S/c26-17(12-25-18(27)15-4-1-2-5-16(15)19(25)28)23-13-6-8-14(9-7-13)31(29,30)24-20-21-10-3-11-22-20/h1-11H,12H2,(H,23,26)(H,21,22,24). The lowest BCUT2D eigenvalue weighted by Gasteiger charge is -2.14. The highest BCUT2D eigenvalue weighted by Crippen LogP contribution is 2.22. The molecule has 1 aliphatic rings. The lowest BCUT2D eigenvalue weighted by molar-refractivity contribution is -0.116. The van der Waals surface area contributed by atoms with E-state index in [2.05, 4.69) is 20.0 Å². The van der Waals surface area contributed by atoms with Crippen LogP contribution in [0.4, 0.5) is 11.6 Å². The molecule has 0 fully saturated rings. The van der Waals surface area contributed by atoms with E-state index in [1.54, 1.807) is 18.2 Å². The van der Waals surface area contributed by atoms with Crippen molar-refractivity contribution in [1.82, 2.24) is 14.9 Å². The smallest absolute Gasteiger partial charge is 0.264 e. The van der Waals surface area contributed by atoms with Crippen molar-refractivity contribution in [3.05, 3.63) is 78.1 Å². The number of carbonyl (C=O) groups is 3. The van der Waals surface area contributed by atoms with Crippen molar-refractivity contribution in [1.29, 1.82) is 0 Å². The second kappa shape index (κ2) is 7.95. The molecule has 11 heteroatoms. The molecule has 0 saturated heterocycles. The van der Waals surface area contributed by atoms with E-state index in [4.69, 9.17) is 0 Å². The Bertz CT molecular complexity index is 1240. The number of nitrogens with one attached hydrogen (secondary N) is 2. The van der Waals surface area contributed by atoms with E-state index in [1.165, 1.54) is 48.8 Å². The van der Waals surface area contributed by atoms with Gasteiger partial charge >= 0.3 is 0 Å². The quantitative estimate of drug-likeness (QED) is 0.557. The van der Waals surface area contributed by atoms with Crippen LogP contribution in [0.2, 0.25) is 0 Å². The summed E-state index contributed by atoms with van der Waals surface area (Å²) in [4.78, 5) is 45.4. The van der Waals surface area contributed by atoms with Crippen LogP contribution in [0.3, 0.4) is 0 Å². The lowest BCUT2D eigenvalue weighted by atomic mass is 10.1. The van der Waals surface area contributed by atoms with Crippen molar-refractivity contribution in [3.63, 3.8) is 0 Å². The Morgan fingerprint density at radius 3 is 2.03 bits per heavy atom. The van der Waals surface area contributed by atoms with E-state index >= 15 is 0 Å². The molecule has 3 aromatic rings. The molecule has 0 unspecified atom stereocenters. The average Bonchev–Trinajstić information content (AvgIpc) is 3.00. The monoisotopic (exact) mass is 437 g/mol. The molecule has 3 amide bonds. The molecule has 1 aliphatic heterocycles. The van der Waals surface area contributed by atoms with Gasteiger partial charge in [0.15, 0.2) is 0 Å². The van der Waals surface area contributed by atoms with E-state index in [0.717, 1.165) is 4.90 Å². The molecule has 10 nitrogen and oxygen atoms in total. The normalized spacial score (nSPS) is 13.1. The van der Waals surface area contributed by atoms with Crippen molar-refractivity contribution >= 4 is 39.4 Å². The highest BCUT2D eigenvalue weighted by molar-refractivity contribution is 7.92. The summed E-state index contributed by atoms with van der Waals surface area (Å²) in [5.41, 5.74) is 0.811. The van der Waals surface area contributed by atoms with Gasteiger partial charge < -0.3 is 5.32 Å². The van der Waals surface area contributed by atoms with E-state index < -0.39 is 34.3 Å². The fraction of sp³-hybridized carbons (Fsp3) is 0.0500. The van der Waals surface area contributed by atoms with Crippen molar-refractivity contribution in [2.45, 2.75) is 4.90 Å². The van der Waals surface area contributed by atoms with Crippen LogP contribution in [0.1, 0.15) is 20.7 Å². The van der Waals surface area contributed by atoms with Crippen LogP contribution < -0.4 is 10.0 Å². The van der Waals surface area contributed by atoms with Gasteiger partial charge in [0.25, 0.3) is 21.8 Å². The van der Waals surface area contributed by atoms with Crippen molar-refractivity contribution in [2.75, 3.05) is 16.6 Å². The summed E-state index contributed by atoms with van der Waals surface area (Å²) in [6.45, 7) is -0.459. The predicted octanol–water partition coefficient (Wildman–Crippen LogP) is 1.51. The van der Waals surface area contributed by atoms with Crippen molar-refractivity contribution in [3.8, 4) is 0 Å². The Morgan fingerprint density at radius 1 is 0.871 bits per heavy atom. The largest absolute Gasteiger partial charge is 0.325 e. The third kappa shape index (κ3) is 4.12. The molecule has 4 rings (SSSR count). The number of imide groups is 1. The molecule has 0 aliphatic carbocycles. The average molecular weight is 437 g/mol. The molecule has 0 bridgehead atoms. The van der Waals surface area contributed by atoms with E-state index in [0.29, 0.717) is 5.69 Å². The molecular weight excluding hydrogens is 422 g/mol. The fourth-order valence-corrected chi connectivity index (χ4v) is 3.93. The number of hydrogen-bond acceptors (Lipinski definition) is 7. The molecule has 0 atom stereocenters. The topological polar surface area (TPSA) is 138 Å². The number of anilines is 2. The van der Waals surface area contributed by atoms with Gasteiger partial charge in [0.05, 0.1) is 16.0 Å². The maximum Gasteiger partial charge on any atom is 0.264 e. The van der Waals surface area contributed by atoms with Gasteiger partial charge in [-0.1, -0.05) is 12.1 Å². The number of aromatic nitrogens is 2. The Kier molecular flexibility index (Phi) is 5.17. The number of carbonyl (C=O) groups excluding carboxylic acids is 3. The zero-order chi connectivity index (χ0) is 22.0. The lowest BCUT2D eigenvalue weighted by Crippen LogP contribution is -2.37. The first-order chi connectivity index (χ1) is 14.8. The molecule has 2 aromatic carbocycles. The molecule has 0 radical (unpaired) electrons. The number of nitrogens with zero attached hydrogens (tertiary/aromatic N) is 3. The Balaban J connectivity index is 1.41. The van der Waals surface area contributed by atoms with Gasteiger partial charge in [-0.2, -0.15) is 0 Å². The summed E-state index contributed by atoms with van der Waals surface area (Å²) in [5.74, 6) is -1.74. The summed E-state index contributed by atoms with van der Waals surface area (Å²) < 4.78 is 27.0. The minimum atomic E-state index is -3.91. The molecule has 0 saturated carbocycles.